The lowest BCUT2D eigenvalue weighted by molar-refractivity contribution is 0.0669. The van der Waals surface area contributed by atoms with E-state index in [-0.39, 0.29) is 72.5 Å². The predicted octanol–water partition coefficient (Wildman–Crippen LogP) is 2.69. The summed E-state index contributed by atoms with van der Waals surface area (Å²) in [6.45, 7) is 1.68. The van der Waals surface area contributed by atoms with Gasteiger partial charge in [0, 0.05) is 43.0 Å². The van der Waals surface area contributed by atoms with Crippen LogP contribution in [0.5, 0.6) is 23.0 Å². The molecule has 1 unspecified atom stereocenters. The number of likely N-dealkylation sites (tertiary alicyclic amines) is 2. The van der Waals surface area contributed by atoms with Gasteiger partial charge in [-0.3, -0.25) is 9.59 Å². The number of ether oxygens (including phenoxy) is 4. The Morgan fingerprint density at radius 3 is 1.47 bits per heavy atom. The van der Waals surface area contributed by atoms with Crippen LogP contribution in [0.3, 0.4) is 0 Å². The fourth-order valence-electron chi connectivity index (χ4n) is 7.01. The third-order valence-electron chi connectivity index (χ3n) is 10.0. The maximum absolute atomic E-state index is 13.4. The van der Waals surface area contributed by atoms with Gasteiger partial charge < -0.3 is 50.4 Å². The number of hydrogen-bond donors (Lipinski definition) is 4. The second-order valence-corrected chi connectivity index (χ2v) is 13.2. The highest BCUT2D eigenvalue weighted by molar-refractivity contribution is 6.01. The van der Waals surface area contributed by atoms with Crippen LogP contribution in [0.25, 0.3) is 0 Å². The maximum atomic E-state index is 13.4. The van der Waals surface area contributed by atoms with Gasteiger partial charge in [-0.25, -0.2) is 0 Å². The summed E-state index contributed by atoms with van der Waals surface area (Å²) in [7, 11) is 3.01. The molecular weight excluding hydrogens is 580 g/mol. The number of amides is 2. The Bertz CT molecular complexity index is 1350. The highest BCUT2D eigenvalue weighted by Crippen LogP contribution is 2.56. The van der Waals surface area contributed by atoms with Crippen LogP contribution in [-0.2, 0) is 0 Å². The largest absolute Gasteiger partial charge is 0.493 e. The van der Waals surface area contributed by atoms with Gasteiger partial charge in [0.2, 0.25) is 0 Å². The minimum Gasteiger partial charge on any atom is -0.493 e. The van der Waals surface area contributed by atoms with E-state index in [0.717, 1.165) is 38.5 Å². The smallest absolute Gasteiger partial charge is 0.256 e. The summed E-state index contributed by atoms with van der Waals surface area (Å²) >= 11 is 0. The normalized spacial score (nSPS) is 22.1. The molecule has 244 valence electrons. The topological polar surface area (TPSA) is 170 Å². The van der Waals surface area contributed by atoms with E-state index in [4.69, 9.17) is 30.4 Å². The Balaban J connectivity index is 1.05. The molecule has 0 radical (unpaired) electrons. The lowest BCUT2D eigenvalue weighted by atomic mass is 10.0. The Hall–Kier alpha value is -3.90. The van der Waals surface area contributed by atoms with Gasteiger partial charge in [0.25, 0.3) is 11.8 Å². The summed E-state index contributed by atoms with van der Waals surface area (Å²) in [4.78, 5) is 30.3. The van der Waals surface area contributed by atoms with Crippen molar-refractivity contribution in [3.63, 3.8) is 0 Å². The van der Waals surface area contributed by atoms with Gasteiger partial charge in [-0.15, -0.1) is 0 Å². The minimum absolute atomic E-state index is 0.0707. The van der Waals surface area contributed by atoms with Crippen molar-refractivity contribution < 1.29 is 38.7 Å². The summed E-state index contributed by atoms with van der Waals surface area (Å²) < 4.78 is 22.9. The van der Waals surface area contributed by atoms with E-state index in [1.165, 1.54) is 14.2 Å². The molecule has 45 heavy (non-hydrogen) atoms. The van der Waals surface area contributed by atoms with Crippen LogP contribution in [0.15, 0.2) is 24.3 Å². The van der Waals surface area contributed by atoms with Crippen LogP contribution >= 0.6 is 0 Å². The summed E-state index contributed by atoms with van der Waals surface area (Å²) in [5.74, 6) is 1.17. The molecular formula is C33H44N4O8. The van der Waals surface area contributed by atoms with Gasteiger partial charge in [0.05, 0.1) is 63.9 Å². The molecule has 0 aromatic heterocycles. The van der Waals surface area contributed by atoms with Gasteiger partial charge >= 0.3 is 0 Å². The molecule has 2 amide bonds. The van der Waals surface area contributed by atoms with E-state index in [1.54, 1.807) is 34.1 Å². The summed E-state index contributed by atoms with van der Waals surface area (Å²) in [6, 6.07) is 5.98. The first-order valence-corrected chi connectivity index (χ1v) is 15.7. The van der Waals surface area contributed by atoms with E-state index < -0.39 is 0 Å². The Morgan fingerprint density at radius 2 is 1.13 bits per heavy atom. The van der Waals surface area contributed by atoms with Crippen molar-refractivity contribution >= 4 is 23.2 Å². The zero-order valence-corrected chi connectivity index (χ0v) is 26.0. The number of carbonyl (C=O) groups is 2. The number of hydrogen-bond acceptors (Lipinski definition) is 10. The standard InChI is InChI=1S/C33H44N4O8/c1-42-26-10-22(30(40)36-18-32(4-5-32)14-20(36)16-38)24(34)12-28(26)44-8-3-9-45-29-13-25(35)23(11-27(29)43-2)31(41)37-19-33(6-7-33)15-21(37)17-39/h10-13,20-21,38-39H,3-9,14-19,34-35H2,1-2H3/t20-,21?/m0/s1. The molecule has 4 fully saturated rings. The first-order valence-electron chi connectivity index (χ1n) is 15.7. The predicted molar refractivity (Wildman–Crippen MR) is 167 cm³/mol. The third-order valence-corrected chi connectivity index (χ3v) is 10.0. The number of benzene rings is 2. The quantitative estimate of drug-likeness (QED) is 0.203. The SMILES string of the molecule is COc1cc(C(=O)N2CC3(CC3)CC2CO)c(N)cc1OCCCOc1cc(N)c(C(=O)N2CC3(CC3)C[C@H]2CO)cc1OC. The monoisotopic (exact) mass is 624 g/mol. The Morgan fingerprint density at radius 1 is 0.733 bits per heavy atom. The molecule has 2 heterocycles. The Kier molecular flexibility index (Phi) is 8.38. The van der Waals surface area contributed by atoms with Gasteiger partial charge in [0.1, 0.15) is 0 Å². The average Bonchev–Trinajstić information content (AvgIpc) is 3.90. The molecule has 12 nitrogen and oxygen atoms in total. The average molecular weight is 625 g/mol. The van der Waals surface area contributed by atoms with Gasteiger partial charge in [-0.2, -0.15) is 0 Å². The van der Waals surface area contributed by atoms with Crippen molar-refractivity contribution in [3.8, 4) is 23.0 Å². The van der Waals surface area contributed by atoms with E-state index in [2.05, 4.69) is 0 Å². The molecule has 6 N–H and O–H groups in total. The fraction of sp³-hybridized carbons (Fsp3) is 0.576. The van der Waals surface area contributed by atoms with Gasteiger partial charge in [0.15, 0.2) is 23.0 Å². The highest BCUT2D eigenvalue weighted by Gasteiger charge is 2.54. The molecule has 2 aromatic carbocycles. The molecule has 2 saturated heterocycles. The summed E-state index contributed by atoms with van der Waals surface area (Å²) in [5, 5.41) is 19.7. The third kappa shape index (κ3) is 6.05. The van der Waals surface area contributed by atoms with Crippen LogP contribution in [0.2, 0.25) is 0 Å². The molecule has 2 spiro atoms. The number of carbonyl (C=O) groups excluding carboxylic acids is 2. The summed E-state index contributed by atoms with van der Waals surface area (Å²) in [6.07, 6.45) is 6.46. The number of aliphatic hydroxyl groups excluding tert-OH is 2. The number of nitrogens with two attached hydrogens (primary N) is 2. The zero-order valence-electron chi connectivity index (χ0n) is 26.0. The molecule has 0 bridgehead atoms. The molecule has 2 aromatic rings. The molecule has 6 rings (SSSR count). The second kappa shape index (κ2) is 12.1. The number of nitrogens with zero attached hydrogens (tertiary/aromatic N) is 2. The van der Waals surface area contributed by atoms with E-state index >= 15 is 0 Å². The first-order chi connectivity index (χ1) is 21.6. The van der Waals surface area contributed by atoms with Crippen LogP contribution in [0.1, 0.15) is 65.7 Å². The van der Waals surface area contributed by atoms with Crippen molar-refractivity contribution in [2.75, 3.05) is 65.2 Å². The molecule has 4 aliphatic rings. The number of nitrogen functional groups attached to an aromatic ring is 2. The van der Waals surface area contributed by atoms with E-state index in [1.807, 2.05) is 0 Å². The molecule has 12 heteroatoms. The van der Waals surface area contributed by atoms with E-state index in [0.29, 0.717) is 53.6 Å². The second-order valence-electron chi connectivity index (χ2n) is 13.2. The van der Waals surface area contributed by atoms with Gasteiger partial charge in [-0.1, -0.05) is 0 Å². The minimum atomic E-state index is -0.213. The zero-order chi connectivity index (χ0) is 31.9. The van der Waals surface area contributed by atoms with Crippen molar-refractivity contribution in [2.24, 2.45) is 10.8 Å². The lowest BCUT2D eigenvalue weighted by Gasteiger charge is -2.24. The van der Waals surface area contributed by atoms with E-state index in [9.17, 15) is 19.8 Å². The maximum Gasteiger partial charge on any atom is 0.256 e. The molecule has 2 aliphatic heterocycles. The fourth-order valence-corrected chi connectivity index (χ4v) is 7.01. The Labute approximate surface area is 263 Å². The molecule has 2 aliphatic carbocycles. The number of methoxy groups -OCH3 is 2. The highest BCUT2D eigenvalue weighted by atomic mass is 16.5. The number of rotatable bonds is 12. The number of aliphatic hydroxyl groups is 2. The number of anilines is 2. The van der Waals surface area contributed by atoms with Crippen molar-refractivity contribution in [1.29, 1.82) is 0 Å². The van der Waals surface area contributed by atoms with Crippen molar-refractivity contribution in [1.82, 2.24) is 9.80 Å². The lowest BCUT2D eigenvalue weighted by Crippen LogP contribution is -2.38. The molecule has 2 atom stereocenters. The van der Waals surface area contributed by atoms with Gasteiger partial charge in [-0.05, 0) is 61.5 Å². The van der Waals surface area contributed by atoms with Crippen LogP contribution < -0.4 is 30.4 Å². The summed E-state index contributed by atoms with van der Waals surface area (Å²) in [5.41, 5.74) is 14.1. The molecule has 2 saturated carbocycles. The van der Waals surface area contributed by atoms with Crippen LogP contribution in [-0.4, -0.2) is 97.6 Å². The van der Waals surface area contributed by atoms with Crippen molar-refractivity contribution in [2.45, 2.75) is 57.0 Å². The first kappa shape index (κ1) is 31.1. The van der Waals surface area contributed by atoms with Crippen LogP contribution in [0.4, 0.5) is 11.4 Å². The van der Waals surface area contributed by atoms with Crippen LogP contribution in [0, 0.1) is 10.8 Å². The van der Waals surface area contributed by atoms with Crippen molar-refractivity contribution in [3.05, 3.63) is 35.4 Å².